The highest BCUT2D eigenvalue weighted by atomic mass is 16.2. The second-order valence-electron chi connectivity index (χ2n) is 1.89. The monoisotopic (exact) mass is 127 g/mol. The molecule has 0 aromatic rings. The molecule has 0 spiro atoms. The summed E-state index contributed by atoms with van der Waals surface area (Å²) < 4.78 is 0. The standard InChI is InChI=1S/C7H13NO/c1-4-6-8(5-2)7(3)9/h5H,2,4,6H2,1,3H3. The van der Waals surface area contributed by atoms with Crippen LogP contribution in [0.25, 0.3) is 0 Å². The largest absolute Gasteiger partial charge is 0.320 e. The number of amides is 1. The Hall–Kier alpha value is -0.790. The third kappa shape index (κ3) is 2.90. The van der Waals surface area contributed by atoms with Gasteiger partial charge in [0, 0.05) is 13.5 Å². The van der Waals surface area contributed by atoms with Crippen molar-refractivity contribution in [2.45, 2.75) is 20.3 Å². The first-order valence-corrected chi connectivity index (χ1v) is 3.12. The van der Waals surface area contributed by atoms with Gasteiger partial charge in [-0.3, -0.25) is 4.79 Å². The molecule has 0 radical (unpaired) electrons. The van der Waals surface area contributed by atoms with Crippen molar-refractivity contribution in [2.24, 2.45) is 0 Å². The fraction of sp³-hybridized carbons (Fsp3) is 0.571. The molecule has 0 aliphatic rings. The summed E-state index contributed by atoms with van der Waals surface area (Å²) in [5, 5.41) is 0. The number of rotatable bonds is 3. The van der Waals surface area contributed by atoms with E-state index in [0.29, 0.717) is 0 Å². The molecule has 0 aliphatic heterocycles. The summed E-state index contributed by atoms with van der Waals surface area (Å²) in [6, 6.07) is 0. The van der Waals surface area contributed by atoms with Gasteiger partial charge in [-0.2, -0.15) is 0 Å². The van der Waals surface area contributed by atoms with E-state index in [-0.39, 0.29) is 5.91 Å². The molecule has 0 aromatic heterocycles. The highest BCUT2D eigenvalue weighted by molar-refractivity contribution is 5.74. The molecule has 1 amide bonds. The molecule has 0 saturated carbocycles. The summed E-state index contributed by atoms with van der Waals surface area (Å²) in [5.41, 5.74) is 0. The molecule has 0 aromatic carbocycles. The maximum absolute atomic E-state index is 10.6. The summed E-state index contributed by atoms with van der Waals surface area (Å²) in [6.07, 6.45) is 2.54. The van der Waals surface area contributed by atoms with Crippen LogP contribution in [0.4, 0.5) is 0 Å². The van der Waals surface area contributed by atoms with Crippen LogP contribution in [0.1, 0.15) is 20.3 Å². The summed E-state index contributed by atoms with van der Waals surface area (Å²) in [4.78, 5) is 12.2. The third-order valence-corrected chi connectivity index (χ3v) is 1.09. The molecule has 0 unspecified atom stereocenters. The Morgan fingerprint density at radius 3 is 2.44 bits per heavy atom. The second kappa shape index (κ2) is 4.13. The Labute approximate surface area is 56.2 Å². The van der Waals surface area contributed by atoms with Gasteiger partial charge in [0.05, 0.1) is 0 Å². The molecule has 9 heavy (non-hydrogen) atoms. The fourth-order valence-electron chi connectivity index (χ4n) is 0.618. The lowest BCUT2D eigenvalue weighted by Gasteiger charge is -2.13. The van der Waals surface area contributed by atoms with Crippen molar-refractivity contribution in [3.63, 3.8) is 0 Å². The molecule has 0 heterocycles. The Bertz CT molecular complexity index is 109. The maximum Gasteiger partial charge on any atom is 0.223 e. The number of hydrogen-bond acceptors (Lipinski definition) is 1. The minimum Gasteiger partial charge on any atom is -0.320 e. The van der Waals surface area contributed by atoms with E-state index < -0.39 is 0 Å². The van der Waals surface area contributed by atoms with Crippen LogP contribution in [0.3, 0.4) is 0 Å². The van der Waals surface area contributed by atoms with Gasteiger partial charge < -0.3 is 4.90 Å². The summed E-state index contributed by atoms with van der Waals surface area (Å²) in [7, 11) is 0. The van der Waals surface area contributed by atoms with E-state index in [0.717, 1.165) is 13.0 Å². The number of carbonyl (C=O) groups is 1. The van der Waals surface area contributed by atoms with Crippen molar-refractivity contribution in [1.82, 2.24) is 4.90 Å². The molecule has 0 N–H and O–H groups in total. The molecule has 2 heteroatoms. The zero-order valence-electron chi connectivity index (χ0n) is 6.05. The molecule has 2 nitrogen and oxygen atoms in total. The minimum atomic E-state index is 0.0619. The predicted octanol–water partition coefficient (Wildman–Crippen LogP) is 1.39. The van der Waals surface area contributed by atoms with Crippen molar-refractivity contribution < 1.29 is 4.79 Å². The van der Waals surface area contributed by atoms with Crippen molar-refractivity contribution in [2.75, 3.05) is 6.54 Å². The SMILES string of the molecule is C=CN(CCC)C(C)=O. The number of carbonyl (C=O) groups excluding carboxylic acids is 1. The van der Waals surface area contributed by atoms with Crippen LogP contribution < -0.4 is 0 Å². The van der Waals surface area contributed by atoms with Crippen LogP contribution in [0.2, 0.25) is 0 Å². The third-order valence-electron chi connectivity index (χ3n) is 1.09. The van der Waals surface area contributed by atoms with Gasteiger partial charge >= 0.3 is 0 Å². The van der Waals surface area contributed by atoms with Crippen molar-refractivity contribution >= 4 is 5.91 Å². The van der Waals surface area contributed by atoms with E-state index >= 15 is 0 Å². The van der Waals surface area contributed by atoms with Crippen LogP contribution in [0, 0.1) is 0 Å². The summed E-state index contributed by atoms with van der Waals surface area (Å²) >= 11 is 0. The molecule has 0 bridgehead atoms. The second-order valence-corrected chi connectivity index (χ2v) is 1.89. The van der Waals surface area contributed by atoms with Gasteiger partial charge in [-0.25, -0.2) is 0 Å². The zero-order chi connectivity index (χ0) is 7.28. The summed E-state index contributed by atoms with van der Waals surface area (Å²) in [6.45, 7) is 7.85. The van der Waals surface area contributed by atoms with Gasteiger partial charge in [0.2, 0.25) is 5.91 Å². The van der Waals surface area contributed by atoms with E-state index in [2.05, 4.69) is 6.58 Å². The molecular formula is C7H13NO. The average molecular weight is 127 g/mol. The van der Waals surface area contributed by atoms with Gasteiger partial charge in [-0.15, -0.1) is 0 Å². The lowest BCUT2D eigenvalue weighted by Crippen LogP contribution is -2.22. The van der Waals surface area contributed by atoms with Crippen LogP contribution in [-0.4, -0.2) is 17.4 Å². The smallest absolute Gasteiger partial charge is 0.223 e. The first kappa shape index (κ1) is 8.21. The molecule has 0 aliphatic carbocycles. The van der Waals surface area contributed by atoms with Crippen molar-refractivity contribution in [3.05, 3.63) is 12.8 Å². The first-order chi connectivity index (χ1) is 4.22. The van der Waals surface area contributed by atoms with Gasteiger partial charge in [0.15, 0.2) is 0 Å². The van der Waals surface area contributed by atoms with Crippen molar-refractivity contribution in [3.8, 4) is 0 Å². The summed E-state index contributed by atoms with van der Waals surface area (Å²) in [5.74, 6) is 0.0619. The maximum atomic E-state index is 10.6. The van der Waals surface area contributed by atoms with Crippen LogP contribution >= 0.6 is 0 Å². The lowest BCUT2D eigenvalue weighted by molar-refractivity contribution is -0.126. The Morgan fingerprint density at radius 1 is 1.78 bits per heavy atom. The van der Waals surface area contributed by atoms with Crippen LogP contribution in [0.5, 0.6) is 0 Å². The molecular weight excluding hydrogens is 114 g/mol. The topological polar surface area (TPSA) is 20.3 Å². The van der Waals surface area contributed by atoms with E-state index in [1.807, 2.05) is 6.92 Å². The van der Waals surface area contributed by atoms with E-state index in [1.165, 1.54) is 6.92 Å². The minimum absolute atomic E-state index is 0.0619. The Kier molecular flexibility index (Phi) is 3.76. The van der Waals surface area contributed by atoms with E-state index in [1.54, 1.807) is 11.1 Å². The first-order valence-electron chi connectivity index (χ1n) is 3.12. The van der Waals surface area contributed by atoms with Crippen molar-refractivity contribution in [1.29, 1.82) is 0 Å². The van der Waals surface area contributed by atoms with Gasteiger partial charge in [-0.05, 0) is 12.6 Å². The fourth-order valence-corrected chi connectivity index (χ4v) is 0.618. The molecule has 0 fully saturated rings. The molecule has 0 saturated heterocycles. The number of hydrogen-bond donors (Lipinski definition) is 0. The molecule has 0 rings (SSSR count). The van der Waals surface area contributed by atoms with E-state index in [9.17, 15) is 4.79 Å². The molecule has 0 atom stereocenters. The number of nitrogens with zero attached hydrogens (tertiary/aromatic N) is 1. The van der Waals surface area contributed by atoms with Gasteiger partial charge in [-0.1, -0.05) is 13.5 Å². The Balaban J connectivity index is 3.68. The zero-order valence-corrected chi connectivity index (χ0v) is 6.05. The van der Waals surface area contributed by atoms with Crippen LogP contribution in [-0.2, 0) is 4.79 Å². The highest BCUT2D eigenvalue weighted by Gasteiger charge is 1.99. The van der Waals surface area contributed by atoms with Crippen LogP contribution in [0.15, 0.2) is 12.8 Å². The quantitative estimate of drug-likeness (QED) is 0.561. The lowest BCUT2D eigenvalue weighted by atomic mass is 10.4. The van der Waals surface area contributed by atoms with Gasteiger partial charge in [0.25, 0.3) is 0 Å². The average Bonchev–Trinajstić information content (AvgIpc) is 1.82. The van der Waals surface area contributed by atoms with Gasteiger partial charge in [0.1, 0.15) is 0 Å². The molecule has 52 valence electrons. The highest BCUT2D eigenvalue weighted by Crippen LogP contribution is 1.90. The normalized spacial score (nSPS) is 8.67. The van der Waals surface area contributed by atoms with E-state index in [4.69, 9.17) is 0 Å². The Morgan fingerprint density at radius 2 is 2.33 bits per heavy atom. The predicted molar refractivity (Wildman–Crippen MR) is 37.9 cm³/mol.